The molecule has 27 heavy (non-hydrogen) atoms. The van der Waals surface area contributed by atoms with Crippen molar-refractivity contribution in [2.45, 2.75) is 24.6 Å². The largest absolute Gasteiger partial charge is 0.381 e. The van der Waals surface area contributed by atoms with Gasteiger partial charge >= 0.3 is 0 Å². The van der Waals surface area contributed by atoms with Crippen LogP contribution in [0.3, 0.4) is 0 Å². The first kappa shape index (κ1) is 19.9. The van der Waals surface area contributed by atoms with E-state index in [0.717, 1.165) is 0 Å². The Morgan fingerprint density at radius 3 is 2.78 bits per heavy atom. The van der Waals surface area contributed by atoms with Crippen LogP contribution in [0.4, 0.5) is 4.39 Å². The highest BCUT2D eigenvalue weighted by Crippen LogP contribution is 2.22. The molecule has 0 unspecified atom stereocenters. The summed E-state index contributed by atoms with van der Waals surface area (Å²) in [5, 5.41) is 3.24. The third-order valence-electron chi connectivity index (χ3n) is 4.33. The second-order valence-corrected chi connectivity index (χ2v) is 8.70. The summed E-state index contributed by atoms with van der Waals surface area (Å²) >= 11 is 5.91. The van der Waals surface area contributed by atoms with Gasteiger partial charge in [0.15, 0.2) is 11.6 Å². The number of hydrogen-bond acceptors (Lipinski definition) is 5. The van der Waals surface area contributed by atoms with E-state index < -0.39 is 33.4 Å². The van der Waals surface area contributed by atoms with Crippen molar-refractivity contribution >= 4 is 27.4 Å². The number of sulfonamides is 1. The Balaban J connectivity index is 1.72. The molecule has 2 aromatic rings. The summed E-state index contributed by atoms with van der Waals surface area (Å²) in [6.45, 7) is 0.498. The maximum atomic E-state index is 14.3. The van der Waals surface area contributed by atoms with Crippen LogP contribution in [0.2, 0.25) is 5.02 Å². The van der Waals surface area contributed by atoms with E-state index in [-0.39, 0.29) is 10.6 Å². The Hall–Kier alpha value is -1.81. The van der Waals surface area contributed by atoms with Crippen molar-refractivity contribution in [3.63, 3.8) is 0 Å². The fourth-order valence-corrected chi connectivity index (χ4v) is 4.51. The molecule has 0 atom stereocenters. The maximum Gasteiger partial charge on any atom is 0.215 e. The Morgan fingerprint density at radius 2 is 2.11 bits per heavy atom. The van der Waals surface area contributed by atoms with Gasteiger partial charge in [0.25, 0.3) is 0 Å². The lowest BCUT2D eigenvalue weighted by Crippen LogP contribution is -2.40. The number of benzene rings is 1. The molecule has 1 aliphatic heterocycles. The van der Waals surface area contributed by atoms with Gasteiger partial charge < -0.3 is 4.74 Å². The number of ether oxygens (including phenoxy) is 1. The molecule has 1 aliphatic rings. The summed E-state index contributed by atoms with van der Waals surface area (Å²) in [6, 6.07) is 4.53. The highest BCUT2D eigenvalue weighted by molar-refractivity contribution is 7.90. The van der Waals surface area contributed by atoms with E-state index in [9.17, 15) is 17.6 Å². The van der Waals surface area contributed by atoms with Gasteiger partial charge in [-0.05, 0) is 36.6 Å². The number of aromatic nitrogens is 2. The van der Waals surface area contributed by atoms with Crippen molar-refractivity contribution < 1.29 is 22.3 Å². The van der Waals surface area contributed by atoms with Gasteiger partial charge in [-0.3, -0.25) is 9.48 Å². The zero-order valence-corrected chi connectivity index (χ0v) is 16.0. The molecule has 0 aliphatic carbocycles. The number of Topliss-reactive ketones (excluding diaryl/α,β-unsaturated/α-hetero) is 1. The molecule has 1 N–H and O–H groups in total. The summed E-state index contributed by atoms with van der Waals surface area (Å²) in [5.41, 5.74) is 0.333. The smallest absolute Gasteiger partial charge is 0.215 e. The van der Waals surface area contributed by atoms with E-state index in [1.807, 2.05) is 0 Å². The lowest BCUT2D eigenvalue weighted by molar-refractivity contribution is 0.0974. The maximum absolute atomic E-state index is 14.3. The Bertz CT molecular complexity index is 913. The predicted octanol–water partition coefficient (Wildman–Crippen LogP) is 2.00. The highest BCUT2D eigenvalue weighted by Gasteiger charge is 2.28. The van der Waals surface area contributed by atoms with E-state index in [0.29, 0.717) is 38.2 Å². The Labute approximate surface area is 161 Å². The molecule has 2 heterocycles. The topological polar surface area (TPSA) is 90.3 Å². The Morgan fingerprint density at radius 1 is 1.37 bits per heavy atom. The van der Waals surface area contributed by atoms with Crippen molar-refractivity contribution in [2.75, 3.05) is 19.8 Å². The molecule has 10 heteroatoms. The normalized spacial score (nSPS) is 15.8. The quantitative estimate of drug-likeness (QED) is 0.698. The Kier molecular flexibility index (Phi) is 6.25. The SMILES string of the molecule is O=C(CNS(=O)(=O)C1CCOCC1)c1cc(Cn2cccn2)cc(Cl)c1F. The average molecular weight is 416 g/mol. The molecule has 0 bridgehead atoms. The number of rotatable bonds is 7. The van der Waals surface area contributed by atoms with E-state index in [2.05, 4.69) is 9.82 Å². The third kappa shape index (κ3) is 4.92. The van der Waals surface area contributed by atoms with E-state index in [1.165, 1.54) is 12.1 Å². The fraction of sp³-hybridized carbons (Fsp3) is 0.412. The van der Waals surface area contributed by atoms with Crippen molar-refractivity contribution in [1.82, 2.24) is 14.5 Å². The van der Waals surface area contributed by atoms with Crippen LogP contribution in [0.25, 0.3) is 0 Å². The molecular formula is C17H19ClFN3O4S. The monoisotopic (exact) mass is 415 g/mol. The van der Waals surface area contributed by atoms with Gasteiger partial charge in [0.1, 0.15) is 0 Å². The summed E-state index contributed by atoms with van der Waals surface area (Å²) in [7, 11) is -3.68. The summed E-state index contributed by atoms with van der Waals surface area (Å²) < 4.78 is 47.9. The van der Waals surface area contributed by atoms with E-state index >= 15 is 0 Å². The first-order valence-corrected chi connectivity index (χ1v) is 10.3. The van der Waals surface area contributed by atoms with Gasteiger partial charge in [0, 0.05) is 25.6 Å². The van der Waals surface area contributed by atoms with Crippen LogP contribution in [0.15, 0.2) is 30.6 Å². The van der Waals surface area contributed by atoms with Crippen molar-refractivity contribution in [2.24, 2.45) is 0 Å². The average Bonchev–Trinajstić information content (AvgIpc) is 3.16. The molecule has 0 amide bonds. The number of ketones is 1. The zero-order valence-electron chi connectivity index (χ0n) is 14.4. The molecule has 7 nitrogen and oxygen atoms in total. The summed E-state index contributed by atoms with van der Waals surface area (Å²) in [4.78, 5) is 12.4. The highest BCUT2D eigenvalue weighted by atomic mass is 35.5. The van der Waals surface area contributed by atoms with Crippen LogP contribution in [-0.4, -0.2) is 49.0 Å². The number of carbonyl (C=O) groups excluding carboxylic acids is 1. The van der Waals surface area contributed by atoms with E-state index in [1.54, 1.807) is 23.1 Å². The summed E-state index contributed by atoms with van der Waals surface area (Å²) in [5.74, 6) is -1.55. The fourth-order valence-electron chi connectivity index (χ4n) is 2.89. The number of nitrogens with zero attached hydrogens (tertiary/aromatic N) is 2. The van der Waals surface area contributed by atoms with Crippen LogP contribution in [0.1, 0.15) is 28.8 Å². The molecule has 3 rings (SSSR count). The third-order valence-corrected chi connectivity index (χ3v) is 6.50. The second kappa shape index (κ2) is 8.47. The predicted molar refractivity (Wildman–Crippen MR) is 97.8 cm³/mol. The van der Waals surface area contributed by atoms with Gasteiger partial charge in [0.2, 0.25) is 10.0 Å². The van der Waals surface area contributed by atoms with Crippen LogP contribution in [0.5, 0.6) is 0 Å². The molecule has 0 saturated carbocycles. The van der Waals surface area contributed by atoms with Crippen molar-refractivity contribution in [3.05, 3.63) is 52.6 Å². The first-order valence-electron chi connectivity index (χ1n) is 8.41. The van der Waals surface area contributed by atoms with Crippen LogP contribution >= 0.6 is 11.6 Å². The van der Waals surface area contributed by atoms with Crippen LogP contribution in [0, 0.1) is 5.82 Å². The molecular weight excluding hydrogens is 397 g/mol. The minimum absolute atomic E-state index is 0.199. The number of halogens is 2. The molecule has 1 fully saturated rings. The van der Waals surface area contributed by atoms with Gasteiger partial charge in [-0.1, -0.05) is 11.6 Å². The minimum Gasteiger partial charge on any atom is -0.381 e. The van der Waals surface area contributed by atoms with Crippen LogP contribution < -0.4 is 4.72 Å². The zero-order chi connectivity index (χ0) is 19.4. The van der Waals surface area contributed by atoms with Gasteiger partial charge in [-0.25, -0.2) is 17.5 Å². The second-order valence-electron chi connectivity index (χ2n) is 6.24. The first-order chi connectivity index (χ1) is 12.9. The minimum atomic E-state index is -3.68. The molecule has 1 aromatic carbocycles. The number of carbonyl (C=O) groups is 1. The lowest BCUT2D eigenvalue weighted by atomic mass is 10.1. The molecule has 146 valence electrons. The standard InChI is InChI=1S/C17H19ClFN3O4S/c18-15-9-12(11-22-5-1-4-20-22)8-14(17(15)19)16(23)10-21-27(24,25)13-2-6-26-7-3-13/h1,4-5,8-9,13,21H,2-3,6-7,10-11H2. The molecule has 0 spiro atoms. The van der Waals surface area contributed by atoms with Crippen molar-refractivity contribution in [1.29, 1.82) is 0 Å². The molecule has 1 saturated heterocycles. The number of hydrogen-bond donors (Lipinski definition) is 1. The summed E-state index contributed by atoms with van der Waals surface area (Å²) in [6.07, 6.45) is 4.05. The van der Waals surface area contributed by atoms with Crippen molar-refractivity contribution in [3.8, 4) is 0 Å². The molecule has 1 aromatic heterocycles. The van der Waals surface area contributed by atoms with Gasteiger partial charge in [-0.15, -0.1) is 0 Å². The molecule has 0 radical (unpaired) electrons. The van der Waals surface area contributed by atoms with Gasteiger partial charge in [-0.2, -0.15) is 5.10 Å². The van der Waals surface area contributed by atoms with Crippen LogP contribution in [-0.2, 0) is 21.3 Å². The van der Waals surface area contributed by atoms with Gasteiger partial charge in [0.05, 0.1) is 28.9 Å². The number of nitrogens with one attached hydrogen (secondary N) is 1. The van der Waals surface area contributed by atoms with E-state index in [4.69, 9.17) is 16.3 Å². The lowest BCUT2D eigenvalue weighted by Gasteiger charge is -2.22.